The molecule has 4 saturated carbocycles. The molecule has 20 rings (SSSR count). The minimum Gasteiger partial charge on any atom is -0.472 e. The molecular weight excluding hydrogens is 1490 g/mol. The highest BCUT2D eigenvalue weighted by Crippen LogP contribution is 2.46. The van der Waals surface area contributed by atoms with Crippen LogP contribution in [0.1, 0.15) is 127 Å². The van der Waals surface area contributed by atoms with Crippen molar-refractivity contribution < 1.29 is 38.1 Å². The molecule has 4 aliphatic heterocycles. The third-order valence-corrected chi connectivity index (χ3v) is 24.1. The Balaban J connectivity index is 0.000000113. The maximum atomic E-state index is 13.6. The summed E-state index contributed by atoms with van der Waals surface area (Å²) >= 11 is 0. The Morgan fingerprint density at radius 1 is 0.322 bits per heavy atom. The molecule has 4 aliphatic carbocycles. The van der Waals surface area contributed by atoms with Crippen molar-refractivity contribution >= 4 is 23.6 Å². The highest BCUT2D eigenvalue weighted by atomic mass is 16.5. The number of piperidine rings is 4. The van der Waals surface area contributed by atoms with Crippen molar-refractivity contribution in [2.45, 2.75) is 141 Å². The van der Waals surface area contributed by atoms with E-state index in [0.717, 1.165) is 134 Å². The molecule has 8 bridgehead atoms. The Labute approximate surface area is 684 Å². The lowest BCUT2D eigenvalue weighted by Crippen LogP contribution is -2.47. The molecule has 604 valence electrons. The molecule has 8 fully saturated rings. The molecule has 12 unspecified atom stereocenters. The van der Waals surface area contributed by atoms with Gasteiger partial charge < -0.3 is 56.8 Å². The number of hydrogen-bond donors (Lipinski definition) is 0. The van der Waals surface area contributed by atoms with Gasteiger partial charge in [-0.1, -0.05) is 24.3 Å². The molecule has 4 saturated heterocycles. The van der Waals surface area contributed by atoms with Gasteiger partial charge in [0.1, 0.15) is 58.8 Å². The second-order valence-corrected chi connectivity index (χ2v) is 32.8. The number of carbonyl (C=O) groups excluding carboxylic acids is 4. The van der Waals surface area contributed by atoms with E-state index in [1.54, 1.807) is 68.0 Å². The van der Waals surface area contributed by atoms with Crippen LogP contribution in [0.25, 0.3) is 45.8 Å². The maximum absolute atomic E-state index is 13.6. The zero-order chi connectivity index (χ0) is 81.6. The summed E-state index contributed by atoms with van der Waals surface area (Å²) in [4.78, 5) is 115. The lowest BCUT2D eigenvalue weighted by molar-refractivity contribution is 0.0459. The van der Waals surface area contributed by atoms with Crippen LogP contribution in [0.3, 0.4) is 0 Å². The Hall–Kier alpha value is -12.9. The third kappa shape index (κ3) is 16.0. The van der Waals surface area contributed by atoms with Crippen LogP contribution in [0.15, 0.2) is 184 Å². The minimum atomic E-state index is -0.0544. The molecule has 16 heterocycles. The summed E-state index contributed by atoms with van der Waals surface area (Å²) in [5, 5.41) is 0. The van der Waals surface area contributed by atoms with Crippen LogP contribution in [-0.4, -0.2) is 196 Å². The van der Waals surface area contributed by atoms with Crippen LogP contribution < -0.4 is 18.9 Å². The van der Waals surface area contributed by atoms with Gasteiger partial charge in [0.2, 0.25) is 23.5 Å². The molecule has 12 atom stereocenters. The Kier molecular flexibility index (Phi) is 21.7. The van der Waals surface area contributed by atoms with Crippen LogP contribution in [-0.2, 0) is 28.2 Å². The lowest BCUT2D eigenvalue weighted by Gasteiger charge is -2.33. The summed E-state index contributed by atoms with van der Waals surface area (Å²) in [6, 6.07) is 28.9. The number of imidazole rings is 4. The number of rotatable bonds is 16. The summed E-state index contributed by atoms with van der Waals surface area (Å²) in [5.41, 5.74) is 11.1. The average molecular weight is 1590 g/mol. The van der Waals surface area contributed by atoms with Gasteiger partial charge in [0.05, 0.1) is 35.3 Å². The van der Waals surface area contributed by atoms with Gasteiger partial charge in [0.25, 0.3) is 23.6 Å². The quantitative estimate of drug-likeness (QED) is 0.0868. The van der Waals surface area contributed by atoms with Crippen molar-refractivity contribution in [3.63, 3.8) is 0 Å². The van der Waals surface area contributed by atoms with Crippen molar-refractivity contribution in [2.75, 3.05) is 26.2 Å². The molecule has 0 aromatic carbocycles. The molecule has 12 aromatic rings. The summed E-state index contributed by atoms with van der Waals surface area (Å²) < 4.78 is 32.3. The van der Waals surface area contributed by atoms with Crippen molar-refractivity contribution in [2.24, 2.45) is 51.9 Å². The van der Waals surface area contributed by atoms with E-state index < -0.39 is 0 Å². The molecule has 28 nitrogen and oxygen atoms in total. The standard InChI is InChI=1S/2C23H25N5O2.2C22H23N5O2/c1-14-4-7-20(25-12-14)30-19-11-16-10-18(19)28(13-16)23(29)17-6-5-15(2)26-21(17)22-24-8-9-27(22)3;1-14-4-5-20(25-11-14)30-19-10-16-9-18(19)28(13-16)23(29)21-17(8-15(2)12-26-21)22-24-6-7-27(22)3;1-14-5-6-19(25-12-14)29-18-11-15-10-17(18)27(13-15)22(28)16-4-3-7-23-20(16)21-24-8-9-26(21)2;1-14-5-6-19(25-12-14)29-18-11-15-10-17(18)27(13-15)22(28)20-16(4-3-7-23-20)21-24-8-9-26(21)2/h4-9,12,16,18-19H,10-11,13H2,1-3H3;4-8,11-12,16,18-19H,9-10,13H2,1-3H3;2*3-9,12,15,17-18H,10-11,13H2,1-2H3. The SMILES string of the molecule is Cc1ccc(OC2CC3CC2N(C(=O)c2ccc(C)nc2-c2nccn2C)C3)nc1.Cc1ccc(OC2CC3CC2N(C(=O)c2cccnc2-c2nccn2C)C3)nc1.Cc1ccc(OC2CC3CC2N(C(=O)c2ncc(C)cc2-c2nccn2C)C3)nc1.Cc1ccc(OC2CC3CC2N(C(=O)c2ncccc2-c2nccn2C)C3)nc1. The van der Waals surface area contributed by atoms with Crippen LogP contribution in [0.5, 0.6) is 23.5 Å². The fraction of sp³-hybridized carbons (Fsp3) is 0.378. The van der Waals surface area contributed by atoms with E-state index in [2.05, 4.69) is 59.8 Å². The summed E-state index contributed by atoms with van der Waals surface area (Å²) in [6.07, 6.45) is 34.3. The number of nitrogens with zero attached hydrogens (tertiary/aromatic N) is 20. The number of carbonyl (C=O) groups is 4. The van der Waals surface area contributed by atoms with E-state index in [1.165, 1.54) is 0 Å². The van der Waals surface area contributed by atoms with E-state index >= 15 is 0 Å². The number of pyridine rings is 8. The number of fused-ring (bicyclic) bond motifs is 8. The van der Waals surface area contributed by atoms with Gasteiger partial charge in [-0.3, -0.25) is 34.1 Å². The second kappa shape index (κ2) is 33.0. The number of aromatic nitrogens is 16. The summed E-state index contributed by atoms with van der Waals surface area (Å²) in [6.45, 7) is 14.9. The van der Waals surface area contributed by atoms with Crippen molar-refractivity contribution in [1.82, 2.24) is 97.7 Å². The van der Waals surface area contributed by atoms with E-state index in [1.807, 2.05) is 224 Å². The number of ether oxygens (including phenoxy) is 4. The van der Waals surface area contributed by atoms with Crippen molar-refractivity contribution in [3.05, 3.63) is 240 Å². The summed E-state index contributed by atoms with van der Waals surface area (Å²) in [7, 11) is 7.66. The Morgan fingerprint density at radius 2 is 0.669 bits per heavy atom. The molecule has 28 heteroatoms. The van der Waals surface area contributed by atoms with Gasteiger partial charge in [-0.25, -0.2) is 44.9 Å². The van der Waals surface area contributed by atoms with Crippen molar-refractivity contribution in [3.8, 4) is 69.3 Å². The first-order valence-corrected chi connectivity index (χ1v) is 40.5. The van der Waals surface area contributed by atoms with Gasteiger partial charge in [0, 0.05) is 188 Å². The largest absolute Gasteiger partial charge is 0.472 e. The number of aryl methyl sites for hydroxylation is 10. The van der Waals surface area contributed by atoms with Crippen LogP contribution in [0.2, 0.25) is 0 Å². The third-order valence-electron chi connectivity index (χ3n) is 24.1. The lowest BCUT2D eigenvalue weighted by atomic mass is 10.0. The number of likely N-dealkylation sites (tertiary alicyclic amines) is 4. The van der Waals surface area contributed by atoms with Crippen LogP contribution in [0, 0.1) is 65.2 Å². The molecule has 4 amide bonds. The van der Waals surface area contributed by atoms with E-state index in [0.29, 0.717) is 92.7 Å². The molecular formula is C90H96N20O8. The first kappa shape index (κ1) is 77.7. The molecule has 0 radical (unpaired) electrons. The van der Waals surface area contributed by atoms with Gasteiger partial charge in [-0.05, 0) is 187 Å². The van der Waals surface area contributed by atoms with Gasteiger partial charge in [0.15, 0.2) is 11.6 Å². The smallest absolute Gasteiger partial charge is 0.273 e. The summed E-state index contributed by atoms with van der Waals surface area (Å²) in [5.74, 6) is 7.08. The predicted octanol–water partition coefficient (Wildman–Crippen LogP) is 12.1. The molecule has 8 aliphatic rings. The van der Waals surface area contributed by atoms with E-state index in [-0.39, 0.29) is 72.2 Å². The Bertz CT molecular complexity index is 5310. The monoisotopic (exact) mass is 1580 g/mol. The molecule has 0 spiro atoms. The van der Waals surface area contributed by atoms with Crippen LogP contribution in [0.4, 0.5) is 0 Å². The zero-order valence-electron chi connectivity index (χ0n) is 67.9. The topological polar surface area (TPSA) is 293 Å². The highest BCUT2D eigenvalue weighted by Gasteiger charge is 2.53. The van der Waals surface area contributed by atoms with E-state index in [4.69, 9.17) is 18.9 Å². The second-order valence-electron chi connectivity index (χ2n) is 32.8. The van der Waals surface area contributed by atoms with Gasteiger partial charge >= 0.3 is 0 Å². The number of hydrogen-bond acceptors (Lipinski definition) is 20. The first-order valence-electron chi connectivity index (χ1n) is 40.5. The molecule has 12 aromatic heterocycles. The van der Waals surface area contributed by atoms with E-state index in [9.17, 15) is 19.2 Å². The fourth-order valence-electron chi connectivity index (χ4n) is 18.4. The highest BCUT2D eigenvalue weighted by molar-refractivity contribution is 6.02. The predicted molar refractivity (Wildman–Crippen MR) is 439 cm³/mol. The normalized spacial score (nSPS) is 22.7. The fourth-order valence-corrected chi connectivity index (χ4v) is 18.4. The first-order chi connectivity index (χ1) is 57.2. The average Bonchev–Trinajstić information content (AvgIpc) is 1.62. The Morgan fingerprint density at radius 3 is 1.05 bits per heavy atom. The maximum Gasteiger partial charge on any atom is 0.273 e. The number of amides is 4. The molecule has 0 N–H and O–H groups in total. The molecule has 118 heavy (non-hydrogen) atoms. The van der Waals surface area contributed by atoms with Gasteiger partial charge in [-0.2, -0.15) is 0 Å². The van der Waals surface area contributed by atoms with Gasteiger partial charge in [-0.15, -0.1) is 0 Å². The van der Waals surface area contributed by atoms with Crippen molar-refractivity contribution in [1.29, 1.82) is 0 Å². The zero-order valence-corrected chi connectivity index (χ0v) is 67.9. The van der Waals surface area contributed by atoms with Crippen LogP contribution >= 0.6 is 0 Å². The minimum absolute atomic E-state index is 0.00170.